The predicted octanol–water partition coefficient (Wildman–Crippen LogP) is 2.07. The van der Waals surface area contributed by atoms with Gasteiger partial charge in [-0.2, -0.15) is 0 Å². The number of imide groups is 1. The van der Waals surface area contributed by atoms with Crippen LogP contribution < -0.4 is 5.32 Å². The molecule has 5 heteroatoms. The SMILES string of the molecule is C=CC1=C(/C=C\C)CC(=O)N1C1CCC(=O)NC1=O.CC. The predicted molar refractivity (Wildman–Crippen MR) is 81.0 cm³/mol. The highest BCUT2D eigenvalue weighted by Gasteiger charge is 2.39. The van der Waals surface area contributed by atoms with Gasteiger partial charge in [-0.25, -0.2) is 0 Å². The first-order valence-corrected chi connectivity index (χ1v) is 7.22. The molecule has 0 aromatic heterocycles. The third-order valence-electron chi connectivity index (χ3n) is 3.28. The highest BCUT2D eigenvalue weighted by atomic mass is 16.2. The van der Waals surface area contributed by atoms with Crippen molar-refractivity contribution in [1.29, 1.82) is 0 Å². The van der Waals surface area contributed by atoms with Crippen LogP contribution >= 0.6 is 0 Å². The lowest BCUT2D eigenvalue weighted by Gasteiger charge is -2.30. The van der Waals surface area contributed by atoms with Crippen LogP contribution in [0.15, 0.2) is 36.1 Å². The van der Waals surface area contributed by atoms with E-state index in [1.54, 1.807) is 6.08 Å². The van der Waals surface area contributed by atoms with Crippen LogP contribution in [0.25, 0.3) is 0 Å². The molecule has 2 aliphatic rings. The van der Waals surface area contributed by atoms with Crippen LogP contribution in [0, 0.1) is 0 Å². The van der Waals surface area contributed by atoms with Gasteiger partial charge in [0.25, 0.3) is 0 Å². The molecule has 1 unspecified atom stereocenters. The Kier molecular flexibility index (Phi) is 6.09. The Morgan fingerprint density at radius 1 is 1.29 bits per heavy atom. The molecule has 0 aromatic rings. The lowest BCUT2D eigenvalue weighted by Crippen LogP contribution is -2.52. The third kappa shape index (κ3) is 3.48. The molecule has 3 amide bonds. The van der Waals surface area contributed by atoms with Gasteiger partial charge in [-0.3, -0.25) is 24.6 Å². The number of hydrogen-bond acceptors (Lipinski definition) is 3. The molecule has 2 heterocycles. The van der Waals surface area contributed by atoms with Gasteiger partial charge in [0.1, 0.15) is 6.04 Å². The largest absolute Gasteiger partial charge is 0.299 e. The third-order valence-corrected chi connectivity index (χ3v) is 3.28. The number of nitrogens with one attached hydrogen (secondary N) is 1. The molecule has 2 rings (SSSR count). The van der Waals surface area contributed by atoms with Crippen molar-refractivity contribution in [3.05, 3.63) is 36.1 Å². The van der Waals surface area contributed by atoms with Crippen LogP contribution in [-0.2, 0) is 14.4 Å². The molecule has 1 atom stereocenters. The first-order chi connectivity index (χ1) is 10.1. The molecule has 0 radical (unpaired) electrons. The molecule has 0 saturated carbocycles. The van der Waals surface area contributed by atoms with Crippen molar-refractivity contribution in [2.75, 3.05) is 0 Å². The van der Waals surface area contributed by atoms with Crippen LogP contribution in [0.4, 0.5) is 0 Å². The maximum atomic E-state index is 12.1. The van der Waals surface area contributed by atoms with Gasteiger partial charge in [-0.1, -0.05) is 32.6 Å². The van der Waals surface area contributed by atoms with Crippen LogP contribution in [0.3, 0.4) is 0 Å². The molecular formula is C16H22N2O3. The number of hydrogen-bond donors (Lipinski definition) is 1. The number of nitrogens with zero attached hydrogens (tertiary/aromatic N) is 1. The van der Waals surface area contributed by atoms with E-state index in [-0.39, 0.29) is 24.7 Å². The molecule has 0 aliphatic carbocycles. The second-order valence-electron chi connectivity index (χ2n) is 4.52. The first-order valence-electron chi connectivity index (χ1n) is 7.22. The fourth-order valence-corrected chi connectivity index (χ4v) is 2.47. The Morgan fingerprint density at radius 2 is 1.95 bits per heavy atom. The van der Waals surface area contributed by atoms with Crippen molar-refractivity contribution in [1.82, 2.24) is 10.2 Å². The van der Waals surface area contributed by atoms with E-state index in [0.717, 1.165) is 5.57 Å². The summed E-state index contributed by atoms with van der Waals surface area (Å²) in [5.41, 5.74) is 1.52. The fraction of sp³-hybridized carbons (Fsp3) is 0.438. The fourth-order valence-electron chi connectivity index (χ4n) is 2.47. The average molecular weight is 290 g/mol. The van der Waals surface area contributed by atoms with E-state index in [2.05, 4.69) is 11.9 Å². The lowest BCUT2D eigenvalue weighted by molar-refractivity contribution is -0.142. The molecular weight excluding hydrogens is 268 g/mol. The Hall–Kier alpha value is -2.17. The topological polar surface area (TPSA) is 66.5 Å². The van der Waals surface area contributed by atoms with Crippen molar-refractivity contribution in [2.45, 2.75) is 46.1 Å². The molecule has 5 nitrogen and oxygen atoms in total. The summed E-state index contributed by atoms with van der Waals surface area (Å²) in [6.07, 6.45) is 6.16. The molecule has 2 aliphatic heterocycles. The number of carbonyl (C=O) groups excluding carboxylic acids is 3. The van der Waals surface area contributed by atoms with Crippen molar-refractivity contribution in [3.8, 4) is 0 Å². The summed E-state index contributed by atoms with van der Waals surface area (Å²) in [5, 5.41) is 2.27. The number of allylic oxidation sites excluding steroid dienone is 3. The zero-order valence-electron chi connectivity index (χ0n) is 12.8. The van der Waals surface area contributed by atoms with Crippen LogP contribution in [-0.4, -0.2) is 28.7 Å². The van der Waals surface area contributed by atoms with Crippen molar-refractivity contribution in [3.63, 3.8) is 0 Å². The van der Waals surface area contributed by atoms with Crippen LogP contribution in [0.5, 0.6) is 0 Å². The van der Waals surface area contributed by atoms with E-state index < -0.39 is 11.9 Å². The van der Waals surface area contributed by atoms with E-state index in [0.29, 0.717) is 12.1 Å². The van der Waals surface area contributed by atoms with Gasteiger partial charge < -0.3 is 0 Å². The maximum Gasteiger partial charge on any atom is 0.249 e. The Morgan fingerprint density at radius 3 is 2.48 bits per heavy atom. The summed E-state index contributed by atoms with van der Waals surface area (Å²) in [6, 6.07) is -0.610. The zero-order chi connectivity index (χ0) is 16.0. The van der Waals surface area contributed by atoms with Gasteiger partial charge in [0.05, 0.1) is 6.42 Å². The minimum Gasteiger partial charge on any atom is -0.299 e. The first kappa shape index (κ1) is 16.9. The Bertz CT molecular complexity index is 518. The number of amides is 3. The molecule has 1 fully saturated rings. The standard InChI is InChI=1S/C14H16N2O3.C2H6/c1-3-5-9-8-13(18)16(10(9)4-2)11-6-7-12(17)15-14(11)19;1-2/h3-5,11H,2,6-8H2,1H3,(H,15,17,19);1-2H3/b5-3-;. The average Bonchev–Trinajstić information content (AvgIpc) is 2.77. The van der Waals surface area contributed by atoms with Crippen molar-refractivity contribution >= 4 is 17.7 Å². The lowest BCUT2D eigenvalue weighted by atomic mass is 10.0. The van der Waals surface area contributed by atoms with E-state index in [9.17, 15) is 14.4 Å². The van der Waals surface area contributed by atoms with Gasteiger partial charge in [0.15, 0.2) is 0 Å². The highest BCUT2D eigenvalue weighted by molar-refractivity contribution is 6.02. The molecule has 1 N–H and O–H groups in total. The monoisotopic (exact) mass is 290 g/mol. The number of piperidine rings is 1. The smallest absolute Gasteiger partial charge is 0.249 e. The summed E-state index contributed by atoms with van der Waals surface area (Å²) in [7, 11) is 0. The van der Waals surface area contributed by atoms with Gasteiger partial charge in [0, 0.05) is 12.1 Å². The minimum absolute atomic E-state index is 0.127. The summed E-state index contributed by atoms with van der Waals surface area (Å²) in [4.78, 5) is 36.6. The van der Waals surface area contributed by atoms with E-state index >= 15 is 0 Å². The quantitative estimate of drug-likeness (QED) is 0.809. The van der Waals surface area contributed by atoms with Crippen molar-refractivity contribution in [2.24, 2.45) is 0 Å². The van der Waals surface area contributed by atoms with E-state index in [1.807, 2.05) is 32.9 Å². The summed E-state index contributed by atoms with van der Waals surface area (Å²) >= 11 is 0. The van der Waals surface area contributed by atoms with E-state index in [1.165, 1.54) is 4.90 Å². The Labute approximate surface area is 125 Å². The summed E-state index contributed by atoms with van der Waals surface area (Å²) < 4.78 is 0. The van der Waals surface area contributed by atoms with Crippen LogP contribution in [0.1, 0.15) is 40.0 Å². The summed E-state index contributed by atoms with van der Waals surface area (Å²) in [6.45, 7) is 9.58. The highest BCUT2D eigenvalue weighted by Crippen LogP contribution is 2.30. The molecule has 0 bridgehead atoms. The molecule has 114 valence electrons. The molecule has 0 spiro atoms. The molecule has 1 saturated heterocycles. The molecule has 21 heavy (non-hydrogen) atoms. The number of carbonyl (C=O) groups is 3. The minimum atomic E-state index is -0.610. The van der Waals surface area contributed by atoms with Gasteiger partial charge in [-0.15, -0.1) is 0 Å². The van der Waals surface area contributed by atoms with Gasteiger partial charge >= 0.3 is 0 Å². The normalized spacial score (nSPS) is 22.3. The zero-order valence-corrected chi connectivity index (χ0v) is 12.8. The summed E-state index contributed by atoms with van der Waals surface area (Å²) in [5.74, 6) is -0.825. The van der Waals surface area contributed by atoms with Gasteiger partial charge in [-0.05, 0) is 25.0 Å². The molecule has 0 aromatic carbocycles. The number of rotatable bonds is 3. The van der Waals surface area contributed by atoms with Crippen molar-refractivity contribution < 1.29 is 14.4 Å². The van der Waals surface area contributed by atoms with Crippen LogP contribution in [0.2, 0.25) is 0 Å². The maximum absolute atomic E-state index is 12.1. The second kappa shape index (κ2) is 7.57. The Balaban J connectivity index is 0.00000106. The van der Waals surface area contributed by atoms with E-state index in [4.69, 9.17) is 0 Å². The van der Waals surface area contributed by atoms with Gasteiger partial charge in [0.2, 0.25) is 17.7 Å². The second-order valence-corrected chi connectivity index (χ2v) is 4.52.